The molecule has 3 heterocycles. The van der Waals surface area contributed by atoms with Gasteiger partial charge < -0.3 is 4.90 Å². The van der Waals surface area contributed by atoms with Crippen molar-refractivity contribution in [3.8, 4) is 0 Å². The zero-order valence-corrected chi connectivity index (χ0v) is 11.5. The first-order valence-corrected chi connectivity index (χ1v) is 6.90. The van der Waals surface area contributed by atoms with E-state index in [1.165, 1.54) is 11.3 Å². The summed E-state index contributed by atoms with van der Waals surface area (Å²) in [5, 5.41) is 7.13. The van der Waals surface area contributed by atoms with Crippen LogP contribution >= 0.6 is 0 Å². The summed E-state index contributed by atoms with van der Waals surface area (Å²) < 4.78 is 0. The Hall–Kier alpha value is -2.17. The molecule has 3 rings (SSSR count). The van der Waals surface area contributed by atoms with Gasteiger partial charge >= 0.3 is 0 Å². The zero-order valence-electron chi connectivity index (χ0n) is 11.5. The second-order valence-electron chi connectivity index (χ2n) is 5.33. The number of nitrogens with one attached hydrogen (secondary N) is 1. The number of nitrogens with zero attached hydrogens (tertiary/aromatic N) is 3. The molecule has 1 amide bonds. The minimum absolute atomic E-state index is 0.178. The maximum absolute atomic E-state index is 12.3. The van der Waals surface area contributed by atoms with Crippen LogP contribution in [0.2, 0.25) is 0 Å². The minimum Gasteiger partial charge on any atom is -0.342 e. The molecule has 0 aliphatic carbocycles. The number of aromatic amines is 1. The second-order valence-corrected chi connectivity index (χ2v) is 5.33. The average Bonchev–Trinajstić information content (AvgIpc) is 3.08. The molecule has 0 unspecified atom stereocenters. The van der Waals surface area contributed by atoms with Crippen LogP contribution in [0, 0.1) is 6.92 Å². The van der Waals surface area contributed by atoms with Crippen LogP contribution in [0.25, 0.3) is 0 Å². The number of H-pyrrole nitrogens is 1. The molecule has 1 saturated heterocycles. The molecule has 0 aromatic carbocycles. The van der Waals surface area contributed by atoms with Crippen LogP contribution in [-0.4, -0.2) is 39.1 Å². The molecule has 1 aliphatic rings. The maximum atomic E-state index is 12.3. The Morgan fingerprint density at radius 1 is 1.50 bits per heavy atom. The van der Waals surface area contributed by atoms with Crippen molar-refractivity contribution in [2.24, 2.45) is 0 Å². The predicted octanol–water partition coefficient (Wildman–Crippen LogP) is 1.67. The van der Waals surface area contributed by atoms with Crippen LogP contribution in [0.5, 0.6) is 0 Å². The predicted molar refractivity (Wildman–Crippen MR) is 75.2 cm³/mol. The van der Waals surface area contributed by atoms with E-state index in [2.05, 4.69) is 22.1 Å². The third-order valence-corrected chi connectivity index (χ3v) is 3.90. The fourth-order valence-electron chi connectivity index (χ4n) is 2.78. The first kappa shape index (κ1) is 12.8. The number of pyridine rings is 1. The highest BCUT2D eigenvalue weighted by molar-refractivity contribution is 5.79. The summed E-state index contributed by atoms with van der Waals surface area (Å²) in [7, 11) is 0. The molecular formula is C15H18N4O. The topological polar surface area (TPSA) is 61.9 Å². The van der Waals surface area contributed by atoms with Crippen molar-refractivity contribution in [1.29, 1.82) is 0 Å². The summed E-state index contributed by atoms with van der Waals surface area (Å²) in [6.45, 7) is 3.66. The Labute approximate surface area is 118 Å². The number of aromatic nitrogens is 3. The second kappa shape index (κ2) is 5.45. The Bertz CT molecular complexity index is 593. The highest BCUT2D eigenvalue weighted by Gasteiger charge is 2.28. The van der Waals surface area contributed by atoms with E-state index in [0.717, 1.165) is 25.1 Å². The fraction of sp³-hybridized carbons (Fsp3) is 0.400. The van der Waals surface area contributed by atoms with Gasteiger partial charge in [0.05, 0.1) is 12.6 Å². The van der Waals surface area contributed by atoms with Gasteiger partial charge in [0.1, 0.15) is 0 Å². The highest BCUT2D eigenvalue weighted by Crippen LogP contribution is 2.27. The van der Waals surface area contributed by atoms with E-state index in [-0.39, 0.29) is 5.91 Å². The van der Waals surface area contributed by atoms with Gasteiger partial charge in [-0.15, -0.1) is 0 Å². The van der Waals surface area contributed by atoms with Gasteiger partial charge in [0, 0.05) is 37.1 Å². The van der Waals surface area contributed by atoms with Gasteiger partial charge in [0.2, 0.25) is 5.91 Å². The number of likely N-dealkylation sites (tertiary alicyclic amines) is 1. The lowest BCUT2D eigenvalue weighted by atomic mass is 10.0. The van der Waals surface area contributed by atoms with E-state index in [0.29, 0.717) is 12.3 Å². The lowest BCUT2D eigenvalue weighted by molar-refractivity contribution is -0.129. The SMILES string of the molecule is Cc1cn[nH]c1[C@@H]1CCN(C(=O)Cc2cccnc2)C1. The number of hydrogen-bond donors (Lipinski definition) is 1. The lowest BCUT2D eigenvalue weighted by Crippen LogP contribution is -2.30. The molecule has 2 aromatic heterocycles. The Morgan fingerprint density at radius 3 is 3.10 bits per heavy atom. The van der Waals surface area contributed by atoms with Gasteiger partial charge in [-0.05, 0) is 30.5 Å². The van der Waals surface area contributed by atoms with Crippen LogP contribution < -0.4 is 0 Å². The lowest BCUT2D eigenvalue weighted by Gasteiger charge is -2.16. The number of carbonyl (C=O) groups is 1. The highest BCUT2D eigenvalue weighted by atomic mass is 16.2. The number of amides is 1. The smallest absolute Gasteiger partial charge is 0.227 e. The summed E-state index contributed by atoms with van der Waals surface area (Å²) >= 11 is 0. The Morgan fingerprint density at radius 2 is 2.40 bits per heavy atom. The molecule has 1 aliphatic heterocycles. The standard InChI is InChI=1S/C15H18N4O/c1-11-8-17-18-15(11)13-4-6-19(10-13)14(20)7-12-3-2-5-16-9-12/h2-3,5,8-9,13H,4,6-7,10H2,1H3,(H,17,18)/t13-/m1/s1. The van der Waals surface area contributed by atoms with Crippen molar-refractivity contribution in [2.75, 3.05) is 13.1 Å². The van der Waals surface area contributed by atoms with E-state index < -0.39 is 0 Å². The van der Waals surface area contributed by atoms with Crippen molar-refractivity contribution in [1.82, 2.24) is 20.1 Å². The van der Waals surface area contributed by atoms with Gasteiger partial charge in [-0.25, -0.2) is 0 Å². The first-order valence-electron chi connectivity index (χ1n) is 6.90. The molecule has 1 atom stereocenters. The number of aryl methyl sites for hydroxylation is 1. The number of rotatable bonds is 3. The molecule has 2 aromatic rings. The molecule has 1 fully saturated rings. The summed E-state index contributed by atoms with van der Waals surface area (Å²) in [6.07, 6.45) is 6.76. The largest absolute Gasteiger partial charge is 0.342 e. The number of carbonyl (C=O) groups excluding carboxylic acids is 1. The van der Waals surface area contributed by atoms with Crippen LogP contribution in [-0.2, 0) is 11.2 Å². The Kier molecular flexibility index (Phi) is 3.50. The minimum atomic E-state index is 0.178. The monoisotopic (exact) mass is 270 g/mol. The van der Waals surface area contributed by atoms with E-state index in [1.807, 2.05) is 23.2 Å². The maximum Gasteiger partial charge on any atom is 0.227 e. The van der Waals surface area contributed by atoms with Crippen LogP contribution in [0.3, 0.4) is 0 Å². The average molecular weight is 270 g/mol. The quantitative estimate of drug-likeness (QED) is 0.923. The molecule has 5 heteroatoms. The van der Waals surface area contributed by atoms with E-state index in [1.54, 1.807) is 12.4 Å². The molecule has 0 bridgehead atoms. The van der Waals surface area contributed by atoms with Gasteiger partial charge in [-0.2, -0.15) is 5.10 Å². The third-order valence-electron chi connectivity index (χ3n) is 3.90. The summed E-state index contributed by atoms with van der Waals surface area (Å²) in [5.41, 5.74) is 3.32. The molecule has 104 valence electrons. The van der Waals surface area contributed by atoms with Crippen LogP contribution in [0.1, 0.15) is 29.2 Å². The van der Waals surface area contributed by atoms with Gasteiger partial charge in [0.25, 0.3) is 0 Å². The normalized spacial score (nSPS) is 18.4. The Balaban J connectivity index is 1.63. The van der Waals surface area contributed by atoms with Crippen LogP contribution in [0.15, 0.2) is 30.7 Å². The van der Waals surface area contributed by atoms with Gasteiger partial charge in [-0.1, -0.05) is 6.07 Å². The van der Waals surface area contributed by atoms with Crippen molar-refractivity contribution in [3.63, 3.8) is 0 Å². The summed E-state index contributed by atoms with van der Waals surface area (Å²) in [6, 6.07) is 3.81. The first-order chi connectivity index (χ1) is 9.74. The molecule has 0 spiro atoms. The molecule has 0 radical (unpaired) electrons. The van der Waals surface area contributed by atoms with Crippen LogP contribution in [0.4, 0.5) is 0 Å². The van der Waals surface area contributed by atoms with Crippen molar-refractivity contribution >= 4 is 5.91 Å². The summed E-state index contributed by atoms with van der Waals surface area (Å²) in [5.74, 6) is 0.563. The number of hydrogen-bond acceptors (Lipinski definition) is 3. The molecular weight excluding hydrogens is 252 g/mol. The summed E-state index contributed by atoms with van der Waals surface area (Å²) in [4.78, 5) is 18.3. The van der Waals surface area contributed by atoms with Crippen molar-refractivity contribution in [3.05, 3.63) is 47.5 Å². The van der Waals surface area contributed by atoms with E-state index in [4.69, 9.17) is 0 Å². The van der Waals surface area contributed by atoms with Crippen molar-refractivity contribution < 1.29 is 4.79 Å². The van der Waals surface area contributed by atoms with E-state index >= 15 is 0 Å². The van der Waals surface area contributed by atoms with Gasteiger partial charge in [0.15, 0.2) is 0 Å². The molecule has 1 N–H and O–H groups in total. The molecule has 0 saturated carbocycles. The third kappa shape index (κ3) is 2.57. The molecule has 5 nitrogen and oxygen atoms in total. The molecule has 20 heavy (non-hydrogen) atoms. The fourth-order valence-corrected chi connectivity index (χ4v) is 2.78. The van der Waals surface area contributed by atoms with Gasteiger partial charge in [-0.3, -0.25) is 14.9 Å². The van der Waals surface area contributed by atoms with E-state index in [9.17, 15) is 4.79 Å². The zero-order chi connectivity index (χ0) is 13.9. The van der Waals surface area contributed by atoms with Crippen molar-refractivity contribution in [2.45, 2.75) is 25.7 Å².